The molecule has 8 heterocycles. The van der Waals surface area contributed by atoms with Crippen LogP contribution >= 0.6 is 0 Å². The molecule has 38 heavy (non-hydrogen) atoms. The maximum absolute atomic E-state index is 6.14. The van der Waals surface area contributed by atoms with Crippen molar-refractivity contribution in [3.05, 3.63) is 60.8 Å². The number of likely N-dealkylation sites (tertiary alicyclic amines) is 1. The number of ether oxygens (including phenoxy) is 2. The van der Waals surface area contributed by atoms with E-state index < -0.39 is 0 Å². The fourth-order valence-electron chi connectivity index (χ4n) is 6.04. The standard InChI is InChI=1S/C28H32N8O2/c1-33-11-20(12-33)17-38-24-8-25(28-31-18-32-36(28)16-24)21-4-5-26(29-10-21)34-14-22-7-23(15-34)35(22)13-19-3-6-27(37-2)30-9-19/h3-6,8-10,16,18,20,22-23H,7,11-15,17H2,1-2H3. The van der Waals surface area contributed by atoms with E-state index in [4.69, 9.17) is 14.5 Å². The maximum atomic E-state index is 6.14. The maximum Gasteiger partial charge on any atom is 0.212 e. The third kappa shape index (κ3) is 4.33. The first kappa shape index (κ1) is 23.4. The molecule has 4 fully saturated rings. The molecule has 0 spiro atoms. The summed E-state index contributed by atoms with van der Waals surface area (Å²) in [5.74, 6) is 3.06. The molecule has 8 rings (SSSR count). The molecule has 0 N–H and O–H groups in total. The van der Waals surface area contributed by atoms with Crippen molar-refractivity contribution in [3.8, 4) is 22.8 Å². The van der Waals surface area contributed by atoms with Crippen molar-refractivity contribution in [3.63, 3.8) is 0 Å². The Morgan fingerprint density at radius 1 is 0.974 bits per heavy atom. The quantitative estimate of drug-likeness (QED) is 0.354. The molecule has 0 aliphatic carbocycles. The van der Waals surface area contributed by atoms with Gasteiger partial charge in [0.1, 0.15) is 17.9 Å². The van der Waals surface area contributed by atoms with Crippen LogP contribution in [0.1, 0.15) is 12.0 Å². The van der Waals surface area contributed by atoms with E-state index in [1.807, 2.05) is 24.7 Å². The molecule has 10 heteroatoms. The highest BCUT2D eigenvalue weighted by molar-refractivity contribution is 5.78. The van der Waals surface area contributed by atoms with Crippen LogP contribution < -0.4 is 14.4 Å². The normalized spacial score (nSPS) is 21.8. The molecular formula is C28H32N8O2. The van der Waals surface area contributed by atoms with Gasteiger partial charge in [0.15, 0.2) is 5.65 Å². The van der Waals surface area contributed by atoms with E-state index in [0.29, 0.717) is 30.5 Å². The molecule has 196 valence electrons. The first-order valence-corrected chi connectivity index (χ1v) is 13.2. The zero-order chi connectivity index (χ0) is 25.6. The van der Waals surface area contributed by atoms with Gasteiger partial charge in [0, 0.05) is 80.3 Å². The van der Waals surface area contributed by atoms with Crippen LogP contribution in [-0.2, 0) is 6.54 Å². The number of piperidine rings is 1. The Labute approximate surface area is 221 Å². The van der Waals surface area contributed by atoms with Crippen molar-refractivity contribution in [1.82, 2.24) is 34.4 Å². The second-order valence-corrected chi connectivity index (χ2v) is 10.8. The molecule has 0 radical (unpaired) electrons. The van der Waals surface area contributed by atoms with Gasteiger partial charge in [-0.15, -0.1) is 0 Å². The average Bonchev–Trinajstić information content (AvgIpc) is 3.42. The van der Waals surface area contributed by atoms with Crippen LogP contribution in [0.15, 0.2) is 55.2 Å². The third-order valence-corrected chi connectivity index (χ3v) is 8.07. The fraction of sp³-hybridized carbons (Fsp3) is 0.429. The van der Waals surface area contributed by atoms with E-state index in [-0.39, 0.29) is 0 Å². The topological polar surface area (TPSA) is 84.2 Å². The monoisotopic (exact) mass is 512 g/mol. The summed E-state index contributed by atoms with van der Waals surface area (Å²) in [6.07, 6.45) is 8.60. The number of piperazine rings is 1. The molecule has 4 aliphatic heterocycles. The van der Waals surface area contributed by atoms with Gasteiger partial charge in [-0.3, -0.25) is 4.90 Å². The van der Waals surface area contributed by atoms with Crippen molar-refractivity contribution in [1.29, 1.82) is 0 Å². The van der Waals surface area contributed by atoms with Crippen molar-refractivity contribution in [2.75, 3.05) is 51.8 Å². The number of hydrogen-bond acceptors (Lipinski definition) is 9. The zero-order valence-corrected chi connectivity index (χ0v) is 21.8. The van der Waals surface area contributed by atoms with Crippen LogP contribution in [0.3, 0.4) is 0 Å². The minimum atomic E-state index is 0.539. The number of fused-ring (bicyclic) bond motifs is 3. The summed E-state index contributed by atoms with van der Waals surface area (Å²) in [6.45, 7) is 5.78. The lowest BCUT2D eigenvalue weighted by molar-refractivity contribution is -0.00876. The van der Waals surface area contributed by atoms with Gasteiger partial charge in [0.2, 0.25) is 5.88 Å². The minimum Gasteiger partial charge on any atom is -0.492 e. The van der Waals surface area contributed by atoms with Gasteiger partial charge in [-0.25, -0.2) is 19.5 Å². The number of nitrogens with zero attached hydrogens (tertiary/aromatic N) is 8. The Bertz CT molecular complexity index is 1410. The summed E-state index contributed by atoms with van der Waals surface area (Å²) in [5, 5.41) is 4.36. The van der Waals surface area contributed by atoms with Crippen LogP contribution in [0.5, 0.6) is 11.6 Å². The zero-order valence-electron chi connectivity index (χ0n) is 21.8. The van der Waals surface area contributed by atoms with Crippen molar-refractivity contribution >= 4 is 11.5 Å². The highest BCUT2D eigenvalue weighted by Gasteiger charge is 2.44. The van der Waals surface area contributed by atoms with E-state index in [1.165, 1.54) is 12.0 Å². The molecular weight excluding hydrogens is 480 g/mol. The molecule has 4 saturated heterocycles. The first-order chi connectivity index (χ1) is 18.6. The molecule has 4 aliphatic rings. The molecule has 2 bridgehead atoms. The fourth-order valence-corrected chi connectivity index (χ4v) is 6.04. The van der Waals surface area contributed by atoms with Gasteiger partial charge >= 0.3 is 0 Å². The third-order valence-electron chi connectivity index (χ3n) is 8.07. The van der Waals surface area contributed by atoms with Crippen molar-refractivity contribution < 1.29 is 9.47 Å². The predicted octanol–water partition coefficient (Wildman–Crippen LogP) is 2.60. The van der Waals surface area contributed by atoms with Crippen LogP contribution in [0.2, 0.25) is 0 Å². The Balaban J connectivity index is 1.03. The number of hydrogen-bond donors (Lipinski definition) is 0. The number of anilines is 1. The number of rotatable bonds is 8. The Kier molecular flexibility index (Phi) is 5.85. The van der Waals surface area contributed by atoms with Gasteiger partial charge in [0.05, 0.1) is 19.9 Å². The van der Waals surface area contributed by atoms with E-state index in [9.17, 15) is 0 Å². The molecule has 0 amide bonds. The summed E-state index contributed by atoms with van der Waals surface area (Å²) in [5.41, 5.74) is 4.02. The lowest BCUT2D eigenvalue weighted by Crippen LogP contribution is -2.68. The van der Waals surface area contributed by atoms with Crippen LogP contribution in [-0.4, -0.2) is 93.4 Å². The largest absolute Gasteiger partial charge is 0.492 e. The smallest absolute Gasteiger partial charge is 0.212 e. The molecule has 4 aromatic heterocycles. The van der Waals surface area contributed by atoms with Gasteiger partial charge in [-0.05, 0) is 37.2 Å². The lowest BCUT2D eigenvalue weighted by atomic mass is 9.87. The molecule has 4 aromatic rings. The summed E-state index contributed by atoms with van der Waals surface area (Å²) in [4.78, 5) is 21.0. The highest BCUT2D eigenvalue weighted by atomic mass is 16.5. The van der Waals surface area contributed by atoms with Gasteiger partial charge in [-0.1, -0.05) is 6.07 Å². The summed E-state index contributed by atoms with van der Waals surface area (Å²) >= 11 is 0. The Morgan fingerprint density at radius 2 is 1.84 bits per heavy atom. The first-order valence-electron chi connectivity index (χ1n) is 13.2. The number of pyridine rings is 3. The van der Waals surface area contributed by atoms with E-state index >= 15 is 0 Å². The highest BCUT2D eigenvalue weighted by Crippen LogP contribution is 2.36. The SMILES string of the molecule is COc1ccc(CN2C3CC2CN(c2ccc(-c4cc(OCC5CN(C)C5)cn5ncnc45)cn2)C3)cn1. The predicted molar refractivity (Wildman–Crippen MR) is 143 cm³/mol. The van der Waals surface area contributed by atoms with Crippen LogP contribution in [0.4, 0.5) is 5.82 Å². The molecule has 0 aromatic carbocycles. The summed E-state index contributed by atoms with van der Waals surface area (Å²) in [7, 11) is 3.78. The van der Waals surface area contributed by atoms with E-state index in [1.54, 1.807) is 18.0 Å². The second kappa shape index (κ2) is 9.52. The number of methoxy groups -OCH3 is 1. The van der Waals surface area contributed by atoms with E-state index in [0.717, 1.165) is 61.1 Å². The molecule has 2 atom stereocenters. The summed E-state index contributed by atoms with van der Waals surface area (Å²) < 4.78 is 13.1. The van der Waals surface area contributed by atoms with Gasteiger partial charge in [0.25, 0.3) is 0 Å². The van der Waals surface area contributed by atoms with Gasteiger partial charge < -0.3 is 19.3 Å². The van der Waals surface area contributed by atoms with Crippen molar-refractivity contribution in [2.24, 2.45) is 5.92 Å². The lowest BCUT2D eigenvalue weighted by Gasteiger charge is -2.56. The molecule has 0 saturated carbocycles. The Morgan fingerprint density at radius 3 is 2.55 bits per heavy atom. The molecule has 10 nitrogen and oxygen atoms in total. The average molecular weight is 513 g/mol. The van der Waals surface area contributed by atoms with Crippen LogP contribution in [0.25, 0.3) is 16.8 Å². The second-order valence-electron chi connectivity index (χ2n) is 10.8. The summed E-state index contributed by atoms with van der Waals surface area (Å²) in [6, 6.07) is 11.4. The number of aromatic nitrogens is 5. The molecule has 2 unspecified atom stereocenters. The minimum absolute atomic E-state index is 0.539. The van der Waals surface area contributed by atoms with E-state index in [2.05, 4.69) is 61.1 Å². The van der Waals surface area contributed by atoms with Crippen molar-refractivity contribution in [2.45, 2.75) is 25.0 Å². The van der Waals surface area contributed by atoms with Gasteiger partial charge in [-0.2, -0.15) is 5.10 Å². The Hall–Kier alpha value is -3.76. The van der Waals surface area contributed by atoms with Crippen LogP contribution in [0, 0.1) is 5.92 Å².